The van der Waals surface area contributed by atoms with Gasteiger partial charge in [0.15, 0.2) is 0 Å². The predicted molar refractivity (Wildman–Crippen MR) is 142 cm³/mol. The number of halogens is 3. The van der Waals surface area contributed by atoms with E-state index in [9.17, 15) is 18.7 Å². The van der Waals surface area contributed by atoms with Crippen molar-refractivity contribution in [2.75, 3.05) is 25.1 Å². The Morgan fingerprint density at radius 1 is 1.15 bits per heavy atom. The maximum Gasteiger partial charge on any atom is 0.387 e. The minimum Gasteiger partial charge on any atom is -0.481 e. The lowest BCUT2D eigenvalue weighted by Crippen LogP contribution is -2.45. The Balaban J connectivity index is 1.32. The molecule has 1 aromatic carbocycles. The number of carboxylic acid groups (broad SMARTS) is 1. The van der Waals surface area contributed by atoms with Crippen LogP contribution in [0.15, 0.2) is 48.9 Å². The summed E-state index contributed by atoms with van der Waals surface area (Å²) in [6.07, 6.45) is 6.64. The molecule has 2 fully saturated rings. The van der Waals surface area contributed by atoms with E-state index in [1.165, 1.54) is 19.2 Å². The highest BCUT2D eigenvalue weighted by atomic mass is 19.3. The van der Waals surface area contributed by atoms with E-state index in [0.717, 1.165) is 12.8 Å². The molecular weight excluding hydrogens is 539 g/mol. The van der Waals surface area contributed by atoms with Gasteiger partial charge >= 0.3 is 12.6 Å². The fourth-order valence-corrected chi connectivity index (χ4v) is 6.27. The topological polar surface area (TPSA) is 102 Å². The van der Waals surface area contributed by atoms with Gasteiger partial charge in [-0.2, -0.15) is 8.78 Å². The van der Waals surface area contributed by atoms with Crippen LogP contribution in [0.3, 0.4) is 0 Å². The number of hydrogen-bond acceptors (Lipinski definition) is 7. The first-order valence-corrected chi connectivity index (χ1v) is 13.3. The zero-order chi connectivity index (χ0) is 28.7. The monoisotopic (exact) mass is 567 g/mol. The van der Waals surface area contributed by atoms with Gasteiger partial charge in [0.25, 0.3) is 0 Å². The number of carbonyl (C=O) groups is 1. The van der Waals surface area contributed by atoms with Crippen LogP contribution in [0.1, 0.15) is 29.8 Å². The summed E-state index contributed by atoms with van der Waals surface area (Å²) in [5.74, 6) is -0.927. The average molecular weight is 568 g/mol. The minimum absolute atomic E-state index is 0.0490. The third-order valence-corrected chi connectivity index (χ3v) is 8.07. The number of aromatic nitrogens is 4. The van der Waals surface area contributed by atoms with Crippen LogP contribution in [-0.4, -0.2) is 57.2 Å². The van der Waals surface area contributed by atoms with Gasteiger partial charge in [0.05, 0.1) is 23.9 Å². The molecule has 1 saturated heterocycles. The van der Waals surface area contributed by atoms with Crippen molar-refractivity contribution in [1.29, 1.82) is 0 Å². The van der Waals surface area contributed by atoms with Crippen molar-refractivity contribution in [2.45, 2.75) is 32.5 Å². The number of imidazole rings is 1. The number of pyridine rings is 1. The van der Waals surface area contributed by atoms with E-state index in [1.54, 1.807) is 41.2 Å². The molecule has 1 unspecified atom stereocenters. The second-order valence-electron chi connectivity index (χ2n) is 10.5. The molecule has 3 aromatic heterocycles. The van der Waals surface area contributed by atoms with Crippen LogP contribution in [0, 0.1) is 23.6 Å². The average Bonchev–Trinajstić information content (AvgIpc) is 3.41. The maximum atomic E-state index is 15.3. The summed E-state index contributed by atoms with van der Waals surface area (Å²) in [6.45, 7) is -1.68. The van der Waals surface area contributed by atoms with E-state index < -0.39 is 18.4 Å². The number of ether oxygens (including phenoxy) is 2. The van der Waals surface area contributed by atoms with Gasteiger partial charge in [-0.25, -0.2) is 19.3 Å². The molecule has 0 spiro atoms. The minimum atomic E-state index is -2.97. The molecule has 4 aromatic rings. The standard InChI is InChI=1S/C29H28F3N5O4/c1-40-15-22-23(8-16-4-2-3-5-24(16)41-28(31)32)37-14-20(21(30)9-25(37)35-22)19-10-33-29(34-11-19)36-12-17-6-7-18(13-36)26(17)27(38)39/h2-5,9-11,14,17-18,26,28H,6-8,12-13,15H2,1H3,(H,38,39)/t17-,18+,26?. The molecule has 214 valence electrons. The van der Waals surface area contributed by atoms with Crippen molar-refractivity contribution in [2.24, 2.45) is 17.8 Å². The predicted octanol–water partition coefficient (Wildman–Crippen LogP) is 4.82. The van der Waals surface area contributed by atoms with E-state index in [0.29, 0.717) is 47.2 Å². The van der Waals surface area contributed by atoms with Crippen molar-refractivity contribution in [1.82, 2.24) is 19.4 Å². The molecule has 1 aliphatic heterocycles. The number of anilines is 1. The molecule has 12 heteroatoms. The van der Waals surface area contributed by atoms with E-state index in [4.69, 9.17) is 9.47 Å². The summed E-state index contributed by atoms with van der Waals surface area (Å²) in [6, 6.07) is 7.81. The van der Waals surface area contributed by atoms with Crippen LogP contribution in [-0.2, 0) is 22.6 Å². The fraction of sp³-hybridized carbons (Fsp3) is 0.379. The van der Waals surface area contributed by atoms with Gasteiger partial charge in [-0.1, -0.05) is 18.2 Å². The van der Waals surface area contributed by atoms with Gasteiger partial charge in [0.1, 0.15) is 17.2 Å². The molecule has 3 atom stereocenters. The van der Waals surface area contributed by atoms with Crippen molar-refractivity contribution >= 4 is 17.6 Å². The molecule has 2 aliphatic rings. The van der Waals surface area contributed by atoms with Gasteiger partial charge in [0, 0.05) is 68.0 Å². The zero-order valence-corrected chi connectivity index (χ0v) is 22.2. The van der Waals surface area contributed by atoms with Crippen LogP contribution in [0.25, 0.3) is 16.8 Å². The smallest absolute Gasteiger partial charge is 0.387 e. The van der Waals surface area contributed by atoms with Crippen molar-refractivity contribution < 1.29 is 32.5 Å². The summed E-state index contributed by atoms with van der Waals surface area (Å²) in [5, 5.41) is 9.59. The van der Waals surface area contributed by atoms with Crippen molar-refractivity contribution in [3.8, 4) is 16.9 Å². The van der Waals surface area contributed by atoms with E-state index >= 15 is 4.39 Å². The van der Waals surface area contributed by atoms with E-state index in [-0.39, 0.29) is 42.1 Å². The highest BCUT2D eigenvalue weighted by molar-refractivity contribution is 5.72. The second-order valence-corrected chi connectivity index (χ2v) is 10.5. The number of piperidine rings is 1. The van der Waals surface area contributed by atoms with Crippen LogP contribution >= 0.6 is 0 Å². The number of rotatable bonds is 9. The summed E-state index contributed by atoms with van der Waals surface area (Å²) in [4.78, 5) is 27.2. The SMILES string of the molecule is COCc1nc2cc(F)c(-c3cnc(N4C[C@H]5CC[C@@H](C4)C5C(=O)O)nc3)cn2c1Cc1ccccc1OC(F)F. The van der Waals surface area contributed by atoms with E-state index in [1.807, 2.05) is 4.90 Å². The molecule has 6 rings (SSSR count). The lowest BCUT2D eigenvalue weighted by molar-refractivity contribution is -0.144. The third kappa shape index (κ3) is 5.19. The number of nitrogens with zero attached hydrogens (tertiary/aromatic N) is 5. The zero-order valence-electron chi connectivity index (χ0n) is 22.2. The number of hydrogen-bond donors (Lipinski definition) is 1. The number of carboxylic acids is 1. The Morgan fingerprint density at radius 2 is 1.85 bits per heavy atom. The molecule has 9 nitrogen and oxygen atoms in total. The largest absolute Gasteiger partial charge is 0.481 e. The van der Waals surface area contributed by atoms with Crippen molar-refractivity contribution in [3.63, 3.8) is 0 Å². The number of fused-ring (bicyclic) bond motifs is 3. The first-order valence-electron chi connectivity index (χ1n) is 13.3. The number of benzene rings is 1. The van der Waals surface area contributed by atoms with Crippen LogP contribution < -0.4 is 9.64 Å². The Kier molecular flexibility index (Phi) is 7.24. The Morgan fingerprint density at radius 3 is 2.51 bits per heavy atom. The molecular formula is C29H28F3N5O4. The lowest BCUT2D eigenvalue weighted by Gasteiger charge is -2.35. The van der Waals surface area contributed by atoms with Crippen LogP contribution in [0.4, 0.5) is 19.1 Å². The van der Waals surface area contributed by atoms with Gasteiger partial charge in [-0.15, -0.1) is 0 Å². The number of methoxy groups -OCH3 is 1. The molecule has 0 radical (unpaired) electrons. The van der Waals surface area contributed by atoms with E-state index in [2.05, 4.69) is 15.0 Å². The molecule has 0 amide bonds. The molecule has 1 aliphatic carbocycles. The molecule has 4 heterocycles. The number of alkyl halides is 2. The van der Waals surface area contributed by atoms with Gasteiger partial charge in [0.2, 0.25) is 5.95 Å². The number of aliphatic carboxylic acids is 1. The Bertz CT molecular complexity index is 1560. The van der Waals surface area contributed by atoms with Crippen molar-refractivity contribution in [3.05, 3.63) is 71.7 Å². The third-order valence-electron chi connectivity index (χ3n) is 8.07. The molecule has 1 N–H and O–H groups in total. The normalized spacial score (nSPS) is 20.2. The summed E-state index contributed by atoms with van der Waals surface area (Å²) in [7, 11) is 1.52. The lowest BCUT2D eigenvalue weighted by atomic mass is 9.85. The first kappa shape index (κ1) is 27.0. The quantitative estimate of drug-likeness (QED) is 0.307. The summed E-state index contributed by atoms with van der Waals surface area (Å²) < 4.78 is 53.1. The maximum absolute atomic E-state index is 15.3. The molecule has 2 bridgehead atoms. The highest BCUT2D eigenvalue weighted by Gasteiger charge is 2.46. The van der Waals surface area contributed by atoms with Gasteiger partial charge in [-0.05, 0) is 30.7 Å². The van der Waals surface area contributed by atoms with Gasteiger partial charge in [-0.3, -0.25) is 4.79 Å². The van der Waals surface area contributed by atoms with Gasteiger partial charge < -0.3 is 23.9 Å². The van der Waals surface area contributed by atoms with Crippen LogP contribution in [0.5, 0.6) is 5.75 Å². The highest BCUT2D eigenvalue weighted by Crippen LogP contribution is 2.42. The summed E-state index contributed by atoms with van der Waals surface area (Å²) >= 11 is 0. The Hall–Kier alpha value is -4.19. The summed E-state index contributed by atoms with van der Waals surface area (Å²) in [5.41, 5.74) is 2.74. The van der Waals surface area contributed by atoms with Crippen LogP contribution in [0.2, 0.25) is 0 Å². The molecule has 41 heavy (non-hydrogen) atoms. The molecule has 1 saturated carbocycles. The second kappa shape index (κ2) is 11.0. The Labute approximate surface area is 233 Å². The number of para-hydroxylation sites is 1. The fourth-order valence-electron chi connectivity index (χ4n) is 6.27. The first-order chi connectivity index (χ1) is 19.8.